The Morgan fingerprint density at radius 3 is 2.13 bits per heavy atom. The average Bonchev–Trinajstić information content (AvgIpc) is 3.38. The fourth-order valence-electron chi connectivity index (χ4n) is 5.44. The highest BCUT2D eigenvalue weighted by Crippen LogP contribution is 2.39. The summed E-state index contributed by atoms with van der Waals surface area (Å²) in [5, 5.41) is 4.39. The summed E-state index contributed by atoms with van der Waals surface area (Å²) in [6.07, 6.45) is -2.21. The van der Waals surface area contributed by atoms with Crippen LogP contribution in [-0.2, 0) is 22.7 Å². The Balaban J connectivity index is 1.35. The largest absolute Gasteiger partial charge is 0.457 e. The standard InChI is InChI=1S/C32H25F6N3O3S/c33-21-17-28(34)26(29(35)18-21)19-41-31-25(8-5-9-27(31)32(36,37)38)30(39-41)20-6-4-7-23(16-20)44-22-10-12-24(13-11-22)45(42,43)40-14-2-1-3-15-40/h4-13,16-18H,1-3,14-15,19H2. The lowest BCUT2D eigenvalue weighted by molar-refractivity contribution is -0.136. The molecule has 13 heteroatoms. The summed E-state index contributed by atoms with van der Waals surface area (Å²) < 4.78 is 119. The molecule has 1 saturated heterocycles. The molecular weight excluding hydrogens is 620 g/mol. The number of nitrogens with zero attached hydrogens (tertiary/aromatic N) is 3. The molecule has 1 fully saturated rings. The molecule has 0 aliphatic carbocycles. The molecule has 45 heavy (non-hydrogen) atoms. The second kappa shape index (κ2) is 11.9. The van der Waals surface area contributed by atoms with Crippen molar-refractivity contribution in [1.29, 1.82) is 0 Å². The molecule has 6 rings (SSSR count). The van der Waals surface area contributed by atoms with Crippen molar-refractivity contribution < 1.29 is 39.5 Å². The zero-order valence-electron chi connectivity index (χ0n) is 23.5. The molecule has 0 saturated carbocycles. The number of piperidine rings is 1. The average molecular weight is 646 g/mol. The zero-order chi connectivity index (χ0) is 31.9. The Morgan fingerprint density at radius 2 is 1.47 bits per heavy atom. The molecule has 0 spiro atoms. The van der Waals surface area contributed by atoms with Crippen LogP contribution in [0.4, 0.5) is 26.3 Å². The number of alkyl halides is 3. The molecule has 0 unspecified atom stereocenters. The Labute approximate surface area is 254 Å². The summed E-state index contributed by atoms with van der Waals surface area (Å²) in [6, 6.07) is 16.6. The first kappa shape index (κ1) is 30.7. The van der Waals surface area contributed by atoms with Gasteiger partial charge in [-0.25, -0.2) is 21.6 Å². The fourth-order valence-corrected chi connectivity index (χ4v) is 6.96. The molecule has 234 valence electrons. The molecule has 1 aliphatic rings. The van der Waals surface area contributed by atoms with Crippen LogP contribution in [0.3, 0.4) is 0 Å². The van der Waals surface area contributed by atoms with Crippen LogP contribution in [0.1, 0.15) is 30.4 Å². The Kier molecular flexibility index (Phi) is 8.08. The van der Waals surface area contributed by atoms with Gasteiger partial charge in [0.15, 0.2) is 0 Å². The highest BCUT2D eigenvalue weighted by atomic mass is 32.2. The first-order chi connectivity index (χ1) is 21.4. The number of para-hydroxylation sites is 1. The first-order valence-corrected chi connectivity index (χ1v) is 15.4. The van der Waals surface area contributed by atoms with E-state index in [9.17, 15) is 34.8 Å². The van der Waals surface area contributed by atoms with Gasteiger partial charge < -0.3 is 4.74 Å². The number of fused-ring (bicyclic) bond motifs is 1. The molecule has 0 radical (unpaired) electrons. The van der Waals surface area contributed by atoms with E-state index >= 15 is 0 Å². The number of halogens is 6. The molecule has 0 bridgehead atoms. The molecule has 6 nitrogen and oxygen atoms in total. The normalized spacial score (nSPS) is 14.6. The first-order valence-electron chi connectivity index (χ1n) is 14.0. The lowest BCUT2D eigenvalue weighted by Gasteiger charge is -2.25. The number of rotatable bonds is 7. The van der Waals surface area contributed by atoms with Crippen LogP contribution in [0.25, 0.3) is 22.2 Å². The smallest absolute Gasteiger partial charge is 0.418 e. The molecule has 4 aromatic carbocycles. The molecule has 0 N–H and O–H groups in total. The summed E-state index contributed by atoms with van der Waals surface area (Å²) in [5.41, 5.74) is -1.67. The van der Waals surface area contributed by atoms with Gasteiger partial charge in [0, 0.05) is 41.7 Å². The number of benzene rings is 4. The van der Waals surface area contributed by atoms with E-state index in [1.165, 1.54) is 46.8 Å². The maximum atomic E-state index is 14.5. The molecule has 1 aromatic heterocycles. The van der Waals surface area contributed by atoms with Crippen LogP contribution >= 0.6 is 0 Å². The highest BCUT2D eigenvalue weighted by Gasteiger charge is 2.35. The Hall–Kier alpha value is -4.36. The van der Waals surface area contributed by atoms with Crippen LogP contribution in [0, 0.1) is 17.5 Å². The molecular formula is C32H25F6N3O3S. The van der Waals surface area contributed by atoms with Crippen molar-refractivity contribution >= 4 is 20.9 Å². The minimum Gasteiger partial charge on any atom is -0.457 e. The second-order valence-electron chi connectivity index (χ2n) is 10.6. The van der Waals surface area contributed by atoms with Gasteiger partial charge in [0.2, 0.25) is 10.0 Å². The summed E-state index contributed by atoms with van der Waals surface area (Å²) in [4.78, 5) is 0.136. The third-order valence-corrected chi connectivity index (χ3v) is 9.52. The van der Waals surface area contributed by atoms with E-state index in [1.54, 1.807) is 18.2 Å². The maximum absolute atomic E-state index is 14.5. The molecule has 0 amide bonds. The summed E-state index contributed by atoms with van der Waals surface area (Å²) >= 11 is 0. The topological polar surface area (TPSA) is 64.4 Å². The number of ether oxygens (including phenoxy) is 1. The summed E-state index contributed by atoms with van der Waals surface area (Å²) in [7, 11) is -3.64. The van der Waals surface area contributed by atoms with Gasteiger partial charge >= 0.3 is 6.18 Å². The van der Waals surface area contributed by atoms with Crippen LogP contribution in [0.2, 0.25) is 0 Å². The van der Waals surface area contributed by atoms with Gasteiger partial charge in [0.05, 0.1) is 22.5 Å². The van der Waals surface area contributed by atoms with Crippen LogP contribution < -0.4 is 4.74 Å². The van der Waals surface area contributed by atoms with E-state index in [0.29, 0.717) is 36.5 Å². The van der Waals surface area contributed by atoms with E-state index < -0.39 is 56.8 Å². The van der Waals surface area contributed by atoms with Crippen molar-refractivity contribution in [3.05, 3.63) is 107 Å². The molecule has 2 heterocycles. The predicted molar refractivity (Wildman–Crippen MR) is 155 cm³/mol. The number of hydrogen-bond donors (Lipinski definition) is 0. The van der Waals surface area contributed by atoms with Crippen molar-refractivity contribution in [2.24, 2.45) is 0 Å². The SMILES string of the molecule is O=S(=O)(c1ccc(Oc2cccc(-c3nn(Cc4c(F)cc(F)cc4F)c4c(C(F)(F)F)cccc34)c2)cc1)N1CCCCC1. The van der Waals surface area contributed by atoms with Gasteiger partial charge in [-0.05, 0) is 55.3 Å². The van der Waals surface area contributed by atoms with Crippen molar-refractivity contribution in [1.82, 2.24) is 14.1 Å². The van der Waals surface area contributed by atoms with Gasteiger partial charge in [-0.2, -0.15) is 22.6 Å². The molecule has 0 atom stereocenters. The number of aromatic nitrogens is 2. The second-order valence-corrected chi connectivity index (χ2v) is 12.6. The van der Waals surface area contributed by atoms with E-state index in [1.807, 2.05) is 0 Å². The Bertz CT molecular complexity index is 1960. The van der Waals surface area contributed by atoms with E-state index in [2.05, 4.69) is 5.10 Å². The van der Waals surface area contributed by atoms with Crippen LogP contribution in [0.5, 0.6) is 11.5 Å². The zero-order valence-corrected chi connectivity index (χ0v) is 24.3. The van der Waals surface area contributed by atoms with Gasteiger partial charge in [-0.3, -0.25) is 4.68 Å². The van der Waals surface area contributed by atoms with Gasteiger partial charge in [0.1, 0.15) is 34.6 Å². The lowest BCUT2D eigenvalue weighted by atomic mass is 10.0. The van der Waals surface area contributed by atoms with E-state index in [0.717, 1.165) is 30.0 Å². The monoisotopic (exact) mass is 645 g/mol. The van der Waals surface area contributed by atoms with Crippen molar-refractivity contribution in [3.8, 4) is 22.8 Å². The highest BCUT2D eigenvalue weighted by molar-refractivity contribution is 7.89. The maximum Gasteiger partial charge on any atom is 0.418 e. The summed E-state index contributed by atoms with van der Waals surface area (Å²) in [5.74, 6) is -3.07. The van der Waals surface area contributed by atoms with Crippen molar-refractivity contribution in [3.63, 3.8) is 0 Å². The quantitative estimate of drug-likeness (QED) is 0.168. The molecule has 5 aromatic rings. The summed E-state index contributed by atoms with van der Waals surface area (Å²) in [6.45, 7) is 0.205. The van der Waals surface area contributed by atoms with Gasteiger partial charge in [0.25, 0.3) is 0 Å². The molecule has 1 aliphatic heterocycles. The van der Waals surface area contributed by atoms with Crippen LogP contribution in [-0.4, -0.2) is 35.6 Å². The third-order valence-electron chi connectivity index (χ3n) is 7.61. The van der Waals surface area contributed by atoms with E-state index in [4.69, 9.17) is 4.74 Å². The number of sulfonamides is 1. The minimum atomic E-state index is -4.81. The number of hydrogen-bond acceptors (Lipinski definition) is 4. The minimum absolute atomic E-state index is 0.0668. The third kappa shape index (κ3) is 6.14. The lowest BCUT2D eigenvalue weighted by Crippen LogP contribution is -2.35. The van der Waals surface area contributed by atoms with Gasteiger partial charge in [-0.15, -0.1) is 0 Å². The van der Waals surface area contributed by atoms with Crippen molar-refractivity contribution in [2.45, 2.75) is 36.9 Å². The predicted octanol–water partition coefficient (Wildman–Crippen LogP) is 8.15. The Morgan fingerprint density at radius 1 is 0.800 bits per heavy atom. The van der Waals surface area contributed by atoms with E-state index in [-0.39, 0.29) is 21.7 Å². The van der Waals surface area contributed by atoms with Crippen LogP contribution in [0.15, 0.2) is 83.8 Å². The van der Waals surface area contributed by atoms with Crippen molar-refractivity contribution in [2.75, 3.05) is 13.1 Å². The van der Waals surface area contributed by atoms with Gasteiger partial charge in [-0.1, -0.05) is 30.7 Å². The fraction of sp³-hybridized carbons (Fsp3) is 0.219.